The molecule has 124 valence electrons. The standard InChI is InChI=1S/C19H19NO4/c21-18-10-16(19(22)23)12-20(18)11-14-6-8-17(9-7-14)24-13-15-4-2-1-3-5-15/h1-9,16H,10-13H2,(H,22,23)/t16-/m1/s1. The maximum Gasteiger partial charge on any atom is 0.308 e. The lowest BCUT2D eigenvalue weighted by Gasteiger charge is -2.16. The van der Waals surface area contributed by atoms with Gasteiger partial charge in [0.15, 0.2) is 0 Å². The van der Waals surface area contributed by atoms with E-state index in [9.17, 15) is 9.59 Å². The number of carbonyl (C=O) groups is 2. The van der Waals surface area contributed by atoms with Gasteiger partial charge in [-0.1, -0.05) is 42.5 Å². The third-order valence-electron chi connectivity index (χ3n) is 4.11. The van der Waals surface area contributed by atoms with E-state index in [-0.39, 0.29) is 18.9 Å². The van der Waals surface area contributed by atoms with Crippen LogP contribution in [-0.2, 0) is 22.7 Å². The van der Waals surface area contributed by atoms with Crippen LogP contribution in [0.2, 0.25) is 0 Å². The number of hydrogen-bond acceptors (Lipinski definition) is 3. The zero-order valence-corrected chi connectivity index (χ0v) is 13.2. The molecule has 5 nitrogen and oxygen atoms in total. The maximum atomic E-state index is 11.9. The first-order chi connectivity index (χ1) is 11.6. The summed E-state index contributed by atoms with van der Waals surface area (Å²) in [4.78, 5) is 24.4. The van der Waals surface area contributed by atoms with Crippen LogP contribution in [0.15, 0.2) is 54.6 Å². The Morgan fingerprint density at radius 3 is 2.42 bits per heavy atom. The van der Waals surface area contributed by atoms with Gasteiger partial charge in [0.2, 0.25) is 5.91 Å². The maximum absolute atomic E-state index is 11.9. The van der Waals surface area contributed by atoms with E-state index < -0.39 is 11.9 Å². The van der Waals surface area contributed by atoms with Crippen LogP contribution in [0, 0.1) is 5.92 Å². The summed E-state index contributed by atoms with van der Waals surface area (Å²) in [7, 11) is 0. The van der Waals surface area contributed by atoms with E-state index in [1.54, 1.807) is 4.90 Å². The Balaban J connectivity index is 1.55. The monoisotopic (exact) mass is 325 g/mol. The fourth-order valence-corrected chi connectivity index (χ4v) is 2.74. The van der Waals surface area contributed by atoms with Gasteiger partial charge in [0, 0.05) is 19.5 Å². The topological polar surface area (TPSA) is 66.8 Å². The van der Waals surface area contributed by atoms with Crippen LogP contribution < -0.4 is 4.74 Å². The first-order valence-corrected chi connectivity index (χ1v) is 7.88. The third kappa shape index (κ3) is 3.93. The normalized spacial score (nSPS) is 17.1. The van der Waals surface area contributed by atoms with E-state index in [1.807, 2.05) is 54.6 Å². The molecule has 1 amide bonds. The average molecular weight is 325 g/mol. The smallest absolute Gasteiger partial charge is 0.308 e. The molecule has 1 N–H and O–H groups in total. The molecule has 5 heteroatoms. The number of rotatable bonds is 6. The van der Waals surface area contributed by atoms with Crippen LogP contribution in [0.1, 0.15) is 17.5 Å². The van der Waals surface area contributed by atoms with Crippen molar-refractivity contribution in [1.29, 1.82) is 0 Å². The third-order valence-corrected chi connectivity index (χ3v) is 4.11. The van der Waals surface area contributed by atoms with Gasteiger partial charge in [-0.25, -0.2) is 0 Å². The van der Waals surface area contributed by atoms with Crippen LogP contribution in [0.3, 0.4) is 0 Å². The second-order valence-electron chi connectivity index (χ2n) is 5.93. The van der Waals surface area contributed by atoms with E-state index in [1.165, 1.54) is 0 Å². The molecule has 3 rings (SSSR count). The Morgan fingerprint density at radius 1 is 1.08 bits per heavy atom. The summed E-state index contributed by atoms with van der Waals surface area (Å²) >= 11 is 0. The lowest BCUT2D eigenvalue weighted by molar-refractivity contribution is -0.141. The molecule has 1 atom stereocenters. The largest absolute Gasteiger partial charge is 0.489 e. The molecule has 0 unspecified atom stereocenters. The molecular weight excluding hydrogens is 306 g/mol. The Hall–Kier alpha value is -2.82. The van der Waals surface area contributed by atoms with E-state index in [0.717, 1.165) is 16.9 Å². The summed E-state index contributed by atoms with van der Waals surface area (Å²) in [5.74, 6) is -0.841. The predicted molar refractivity (Wildman–Crippen MR) is 88.4 cm³/mol. The van der Waals surface area contributed by atoms with Crippen LogP contribution >= 0.6 is 0 Å². The van der Waals surface area contributed by atoms with Crippen LogP contribution in [0.5, 0.6) is 5.75 Å². The van der Waals surface area contributed by atoms with Crippen LogP contribution in [0.25, 0.3) is 0 Å². The van der Waals surface area contributed by atoms with E-state index in [2.05, 4.69) is 0 Å². The van der Waals surface area contributed by atoms with Crippen molar-refractivity contribution in [2.75, 3.05) is 6.54 Å². The molecule has 0 aliphatic carbocycles. The summed E-state index contributed by atoms with van der Waals surface area (Å²) in [6.45, 7) is 1.22. The number of carbonyl (C=O) groups excluding carboxylic acids is 1. The van der Waals surface area contributed by atoms with Gasteiger partial charge in [-0.3, -0.25) is 9.59 Å². The van der Waals surface area contributed by atoms with Gasteiger partial charge in [0.1, 0.15) is 12.4 Å². The molecule has 1 aliphatic heterocycles. The quantitative estimate of drug-likeness (QED) is 0.887. The highest BCUT2D eigenvalue weighted by molar-refractivity contribution is 5.86. The Kier molecular flexibility index (Phi) is 4.79. The van der Waals surface area contributed by atoms with Crippen LogP contribution in [-0.4, -0.2) is 28.4 Å². The molecular formula is C19H19NO4. The first kappa shape index (κ1) is 16.1. The number of likely N-dealkylation sites (tertiary alicyclic amines) is 1. The fourth-order valence-electron chi connectivity index (χ4n) is 2.74. The molecule has 1 fully saturated rings. The van der Waals surface area contributed by atoms with E-state index >= 15 is 0 Å². The van der Waals surface area contributed by atoms with Crippen molar-refractivity contribution in [3.05, 3.63) is 65.7 Å². The van der Waals surface area contributed by atoms with Crippen molar-refractivity contribution in [2.24, 2.45) is 5.92 Å². The second-order valence-corrected chi connectivity index (χ2v) is 5.93. The van der Waals surface area contributed by atoms with Gasteiger partial charge in [-0.15, -0.1) is 0 Å². The molecule has 24 heavy (non-hydrogen) atoms. The van der Waals surface area contributed by atoms with Gasteiger partial charge < -0.3 is 14.7 Å². The van der Waals surface area contributed by atoms with Crippen molar-refractivity contribution in [3.8, 4) is 5.75 Å². The first-order valence-electron chi connectivity index (χ1n) is 7.88. The zero-order valence-electron chi connectivity index (χ0n) is 13.2. The average Bonchev–Trinajstić information content (AvgIpc) is 2.96. The van der Waals surface area contributed by atoms with Crippen molar-refractivity contribution in [1.82, 2.24) is 4.90 Å². The molecule has 1 saturated heterocycles. The number of ether oxygens (including phenoxy) is 1. The summed E-state index contributed by atoms with van der Waals surface area (Å²) in [5, 5.41) is 9.01. The van der Waals surface area contributed by atoms with Gasteiger partial charge in [0.05, 0.1) is 5.92 Å². The van der Waals surface area contributed by atoms with Crippen molar-refractivity contribution in [3.63, 3.8) is 0 Å². The molecule has 2 aromatic carbocycles. The molecule has 0 spiro atoms. The summed E-state index contributed by atoms with van der Waals surface area (Å²) < 4.78 is 5.73. The second kappa shape index (κ2) is 7.17. The molecule has 0 saturated carbocycles. The highest BCUT2D eigenvalue weighted by Crippen LogP contribution is 2.21. The minimum absolute atomic E-state index is 0.0909. The molecule has 1 heterocycles. The van der Waals surface area contributed by atoms with E-state index in [4.69, 9.17) is 9.84 Å². The summed E-state index contributed by atoms with van der Waals surface area (Å²) in [6, 6.07) is 17.5. The predicted octanol–water partition coefficient (Wildman–Crippen LogP) is 2.70. The van der Waals surface area contributed by atoms with Crippen molar-refractivity contribution in [2.45, 2.75) is 19.6 Å². The van der Waals surface area contributed by atoms with Gasteiger partial charge in [-0.05, 0) is 23.3 Å². The number of carboxylic acid groups (broad SMARTS) is 1. The Labute approximate surface area is 140 Å². The molecule has 0 radical (unpaired) electrons. The molecule has 0 aromatic heterocycles. The Morgan fingerprint density at radius 2 is 1.79 bits per heavy atom. The van der Waals surface area contributed by atoms with E-state index in [0.29, 0.717) is 13.2 Å². The van der Waals surface area contributed by atoms with Gasteiger partial charge in [-0.2, -0.15) is 0 Å². The minimum atomic E-state index is -0.907. The fraction of sp³-hybridized carbons (Fsp3) is 0.263. The number of carboxylic acids is 1. The minimum Gasteiger partial charge on any atom is -0.489 e. The zero-order chi connectivity index (χ0) is 16.9. The molecule has 0 bridgehead atoms. The van der Waals surface area contributed by atoms with Gasteiger partial charge in [0.25, 0.3) is 0 Å². The summed E-state index contributed by atoms with van der Waals surface area (Å²) in [5.41, 5.74) is 2.06. The lowest BCUT2D eigenvalue weighted by atomic mass is 10.1. The number of nitrogens with zero attached hydrogens (tertiary/aromatic N) is 1. The number of amides is 1. The highest BCUT2D eigenvalue weighted by atomic mass is 16.5. The lowest BCUT2D eigenvalue weighted by Crippen LogP contribution is -2.25. The summed E-state index contributed by atoms with van der Waals surface area (Å²) in [6.07, 6.45) is 0.0909. The number of hydrogen-bond donors (Lipinski definition) is 1. The molecule has 2 aromatic rings. The Bertz CT molecular complexity index is 712. The SMILES string of the molecule is O=C(O)[C@@H]1CC(=O)N(Cc2ccc(OCc3ccccc3)cc2)C1. The number of aliphatic carboxylic acids is 1. The van der Waals surface area contributed by atoms with Crippen molar-refractivity contribution >= 4 is 11.9 Å². The van der Waals surface area contributed by atoms with Crippen molar-refractivity contribution < 1.29 is 19.4 Å². The molecule has 1 aliphatic rings. The number of benzene rings is 2. The van der Waals surface area contributed by atoms with Crippen LogP contribution in [0.4, 0.5) is 0 Å². The van der Waals surface area contributed by atoms with Gasteiger partial charge >= 0.3 is 5.97 Å². The highest BCUT2D eigenvalue weighted by Gasteiger charge is 2.33.